The van der Waals surface area contributed by atoms with Gasteiger partial charge in [0.2, 0.25) is 0 Å². The van der Waals surface area contributed by atoms with Crippen molar-refractivity contribution in [2.24, 2.45) is 0 Å². The highest BCUT2D eigenvalue weighted by Gasteiger charge is 2.41. The molecule has 0 fully saturated rings. The topological polar surface area (TPSA) is 3.24 Å². The molecule has 1 heteroatoms. The molecule has 2 rings (SSSR count). The number of benzene rings is 1. The first-order chi connectivity index (χ1) is 7.87. The lowest BCUT2D eigenvalue weighted by Crippen LogP contribution is -2.32. The van der Waals surface area contributed by atoms with Crippen LogP contribution in [0.5, 0.6) is 0 Å². The van der Waals surface area contributed by atoms with E-state index in [1.807, 2.05) is 0 Å². The van der Waals surface area contributed by atoms with Gasteiger partial charge < -0.3 is 4.90 Å². The molecule has 92 valence electrons. The van der Waals surface area contributed by atoms with Crippen LogP contribution in [0.2, 0.25) is 0 Å². The second-order valence-electron chi connectivity index (χ2n) is 5.95. The van der Waals surface area contributed by atoms with Gasteiger partial charge in [-0.05, 0) is 39.3 Å². The Bertz CT molecular complexity index is 462. The van der Waals surface area contributed by atoms with Gasteiger partial charge >= 0.3 is 0 Å². The second-order valence-corrected chi connectivity index (χ2v) is 5.95. The van der Waals surface area contributed by atoms with Crippen LogP contribution in [0.25, 0.3) is 0 Å². The minimum absolute atomic E-state index is 0.125. The summed E-state index contributed by atoms with van der Waals surface area (Å²) in [5.41, 5.74) is 5.84. The summed E-state index contributed by atoms with van der Waals surface area (Å²) in [6.45, 7) is 13.6. The first-order valence-electron chi connectivity index (χ1n) is 6.44. The smallest absolute Gasteiger partial charge is 0.0453 e. The summed E-state index contributed by atoms with van der Waals surface area (Å²) in [6, 6.07) is 9.29. The third kappa shape index (κ3) is 1.69. The molecule has 0 aliphatic carbocycles. The van der Waals surface area contributed by atoms with Gasteiger partial charge in [0, 0.05) is 22.8 Å². The van der Waals surface area contributed by atoms with Crippen molar-refractivity contribution in [1.82, 2.24) is 0 Å². The van der Waals surface area contributed by atoms with Crippen molar-refractivity contribution in [3.63, 3.8) is 0 Å². The first kappa shape index (κ1) is 12.2. The fourth-order valence-electron chi connectivity index (χ4n) is 3.16. The molecule has 0 radical (unpaired) electrons. The molecule has 1 heterocycles. The second kappa shape index (κ2) is 3.90. The summed E-state index contributed by atoms with van der Waals surface area (Å²) >= 11 is 0. The van der Waals surface area contributed by atoms with Crippen LogP contribution >= 0.6 is 0 Å². The van der Waals surface area contributed by atoms with Crippen molar-refractivity contribution in [2.75, 3.05) is 4.90 Å². The van der Waals surface area contributed by atoms with Crippen LogP contribution in [-0.4, -0.2) is 6.04 Å². The molecule has 0 saturated carbocycles. The number of anilines is 1. The molecule has 17 heavy (non-hydrogen) atoms. The van der Waals surface area contributed by atoms with Gasteiger partial charge in [-0.25, -0.2) is 0 Å². The van der Waals surface area contributed by atoms with E-state index < -0.39 is 0 Å². The van der Waals surface area contributed by atoms with Crippen LogP contribution in [-0.2, 0) is 5.41 Å². The average molecular weight is 229 g/mol. The van der Waals surface area contributed by atoms with Crippen LogP contribution in [0, 0.1) is 0 Å². The summed E-state index contributed by atoms with van der Waals surface area (Å²) in [7, 11) is 0. The maximum absolute atomic E-state index is 2.49. The summed E-state index contributed by atoms with van der Waals surface area (Å²) in [5, 5.41) is 0. The third-order valence-electron chi connectivity index (χ3n) is 3.66. The highest BCUT2D eigenvalue weighted by molar-refractivity contribution is 5.71. The van der Waals surface area contributed by atoms with Crippen molar-refractivity contribution < 1.29 is 0 Å². The molecular formula is C16H23N. The zero-order valence-electron chi connectivity index (χ0n) is 11.8. The minimum atomic E-state index is 0.125. The molecular weight excluding hydrogens is 206 g/mol. The third-order valence-corrected chi connectivity index (χ3v) is 3.66. The summed E-state index contributed by atoms with van der Waals surface area (Å²) in [6.07, 6.45) is 0. The Labute approximate surface area is 105 Å². The van der Waals surface area contributed by atoms with E-state index >= 15 is 0 Å². The molecule has 1 aromatic carbocycles. The Morgan fingerprint density at radius 3 is 2.24 bits per heavy atom. The van der Waals surface area contributed by atoms with Crippen molar-refractivity contribution in [3.8, 4) is 0 Å². The number of para-hydroxylation sites is 1. The number of rotatable bonds is 1. The largest absolute Gasteiger partial charge is 0.342 e. The lowest BCUT2D eigenvalue weighted by molar-refractivity contribution is 0.604. The number of hydrogen-bond acceptors (Lipinski definition) is 1. The molecule has 0 spiro atoms. The quantitative estimate of drug-likeness (QED) is 0.686. The van der Waals surface area contributed by atoms with Gasteiger partial charge in [-0.2, -0.15) is 0 Å². The van der Waals surface area contributed by atoms with E-state index in [1.54, 1.807) is 0 Å². The molecule has 0 amide bonds. The maximum atomic E-state index is 2.49. The molecule has 1 aliphatic heterocycles. The maximum Gasteiger partial charge on any atom is 0.0453 e. The van der Waals surface area contributed by atoms with Crippen molar-refractivity contribution in [3.05, 3.63) is 41.1 Å². The van der Waals surface area contributed by atoms with Crippen LogP contribution in [0.1, 0.15) is 47.1 Å². The number of nitrogens with zero attached hydrogens (tertiary/aromatic N) is 1. The zero-order valence-corrected chi connectivity index (χ0v) is 11.8. The van der Waals surface area contributed by atoms with E-state index in [9.17, 15) is 0 Å². The molecule has 0 saturated heterocycles. The van der Waals surface area contributed by atoms with Gasteiger partial charge in [-0.3, -0.25) is 0 Å². The zero-order chi connectivity index (χ0) is 12.8. The minimum Gasteiger partial charge on any atom is -0.342 e. The van der Waals surface area contributed by atoms with E-state index in [4.69, 9.17) is 0 Å². The molecule has 0 N–H and O–H groups in total. The van der Waals surface area contributed by atoms with Crippen LogP contribution in [0.15, 0.2) is 35.5 Å². The normalized spacial score (nSPS) is 17.6. The lowest BCUT2D eigenvalue weighted by atomic mass is 9.82. The van der Waals surface area contributed by atoms with Gasteiger partial charge in [0.25, 0.3) is 0 Å². The molecule has 0 unspecified atom stereocenters. The Hall–Kier alpha value is -1.24. The first-order valence-corrected chi connectivity index (χ1v) is 6.44. The van der Waals surface area contributed by atoms with Crippen molar-refractivity contribution in [2.45, 2.75) is 53.0 Å². The number of fused-ring (bicyclic) bond motifs is 1. The molecule has 0 aromatic heterocycles. The van der Waals surface area contributed by atoms with Crippen molar-refractivity contribution in [1.29, 1.82) is 0 Å². The molecule has 0 bridgehead atoms. The van der Waals surface area contributed by atoms with E-state index in [-0.39, 0.29) is 5.41 Å². The monoisotopic (exact) mass is 229 g/mol. The summed E-state index contributed by atoms with van der Waals surface area (Å²) in [4.78, 5) is 2.49. The van der Waals surface area contributed by atoms with E-state index in [0.29, 0.717) is 6.04 Å². The van der Waals surface area contributed by atoms with E-state index in [2.05, 4.69) is 70.7 Å². The van der Waals surface area contributed by atoms with Gasteiger partial charge in [0.1, 0.15) is 0 Å². The highest BCUT2D eigenvalue weighted by Crippen LogP contribution is 2.49. The number of allylic oxidation sites excluding steroid dienone is 2. The molecule has 1 aromatic rings. The molecule has 1 nitrogen and oxygen atoms in total. The summed E-state index contributed by atoms with van der Waals surface area (Å²) in [5.74, 6) is 0. The predicted molar refractivity (Wildman–Crippen MR) is 75.5 cm³/mol. The Balaban J connectivity index is 2.72. The van der Waals surface area contributed by atoms with Crippen molar-refractivity contribution >= 4 is 5.69 Å². The predicted octanol–water partition coefficient (Wildman–Crippen LogP) is 4.49. The Morgan fingerprint density at radius 2 is 1.71 bits per heavy atom. The average Bonchev–Trinajstić information content (AvgIpc) is 2.48. The van der Waals surface area contributed by atoms with E-state index in [1.165, 1.54) is 22.5 Å². The Kier molecular flexibility index (Phi) is 2.81. The molecule has 1 aliphatic rings. The fourth-order valence-corrected chi connectivity index (χ4v) is 3.16. The van der Waals surface area contributed by atoms with Crippen LogP contribution < -0.4 is 4.90 Å². The standard InChI is InChI=1S/C16H23N/c1-11(2)15-16(5,6)13-9-7-8-10-14(13)17(15)12(3)4/h7-10,12H,1-6H3. The van der Waals surface area contributed by atoms with Gasteiger partial charge in [-0.15, -0.1) is 0 Å². The number of hydrogen-bond donors (Lipinski definition) is 0. The van der Waals surface area contributed by atoms with Gasteiger partial charge in [0.15, 0.2) is 0 Å². The van der Waals surface area contributed by atoms with Gasteiger partial charge in [-0.1, -0.05) is 37.6 Å². The van der Waals surface area contributed by atoms with Crippen LogP contribution in [0.4, 0.5) is 5.69 Å². The Morgan fingerprint density at radius 1 is 1.12 bits per heavy atom. The fraction of sp³-hybridized carbons (Fsp3) is 0.500. The van der Waals surface area contributed by atoms with E-state index in [0.717, 1.165) is 0 Å². The SMILES string of the molecule is CC(C)=C1N(C(C)C)c2ccccc2C1(C)C. The van der Waals surface area contributed by atoms with Crippen LogP contribution in [0.3, 0.4) is 0 Å². The van der Waals surface area contributed by atoms with Gasteiger partial charge in [0.05, 0.1) is 0 Å². The lowest BCUT2D eigenvalue weighted by Gasteiger charge is -2.31. The molecule has 0 atom stereocenters. The highest BCUT2D eigenvalue weighted by atomic mass is 15.2. The summed E-state index contributed by atoms with van der Waals surface area (Å²) < 4.78 is 0.